The van der Waals surface area contributed by atoms with Gasteiger partial charge in [-0.05, 0) is 44.4 Å². The van der Waals surface area contributed by atoms with Crippen molar-refractivity contribution < 1.29 is 56.9 Å². The van der Waals surface area contributed by atoms with E-state index in [2.05, 4.69) is 0 Å². The Morgan fingerprint density at radius 1 is 0.547 bits per heavy atom. The van der Waals surface area contributed by atoms with E-state index in [-0.39, 0.29) is 33.0 Å². The highest BCUT2D eigenvalue weighted by Gasteiger charge is 2.61. The second-order valence-electron chi connectivity index (χ2n) is 14.7. The first-order valence-corrected chi connectivity index (χ1v) is 18.3. The molecule has 0 bridgehead atoms. The van der Waals surface area contributed by atoms with Crippen LogP contribution < -0.4 is 0 Å². The van der Waals surface area contributed by atoms with Gasteiger partial charge in [0.05, 0.1) is 26.4 Å². The molecule has 3 aromatic rings. The Hall–Kier alpha value is -3.27. The lowest BCUT2D eigenvalue weighted by Gasteiger charge is -2.46. The molecule has 4 heterocycles. The molecular weight excluding hydrogens is 684 g/mol. The molecular formula is C41H50O12. The molecule has 286 valence electrons. The summed E-state index contributed by atoms with van der Waals surface area (Å²) >= 11 is 0. The number of carbonyl (C=O) groups excluding carboxylic acids is 1. The maximum absolute atomic E-state index is 12.1. The molecule has 4 saturated heterocycles. The van der Waals surface area contributed by atoms with Crippen molar-refractivity contribution in [3.63, 3.8) is 0 Å². The molecule has 4 aliphatic rings. The summed E-state index contributed by atoms with van der Waals surface area (Å²) in [6.45, 7) is 9.49. The molecule has 0 amide bonds. The molecule has 10 atom stereocenters. The van der Waals surface area contributed by atoms with Gasteiger partial charge < -0.3 is 52.1 Å². The summed E-state index contributed by atoms with van der Waals surface area (Å²) in [7, 11) is 0. The summed E-state index contributed by atoms with van der Waals surface area (Å²) in [6, 6.07) is 29.5. The summed E-state index contributed by atoms with van der Waals surface area (Å²) in [5.41, 5.74) is 2.89. The van der Waals surface area contributed by atoms with Crippen molar-refractivity contribution in [2.75, 3.05) is 13.2 Å². The van der Waals surface area contributed by atoms with Crippen LogP contribution in [0.2, 0.25) is 0 Å². The molecule has 0 aromatic heterocycles. The largest absolute Gasteiger partial charge is 0.463 e. The topological polar surface area (TPSA) is 119 Å². The number of ether oxygens (including phenoxy) is 11. The van der Waals surface area contributed by atoms with Crippen molar-refractivity contribution in [3.05, 3.63) is 108 Å². The lowest BCUT2D eigenvalue weighted by atomic mass is 9.97. The van der Waals surface area contributed by atoms with Crippen LogP contribution in [0.5, 0.6) is 0 Å². The molecule has 0 aliphatic carbocycles. The fourth-order valence-electron chi connectivity index (χ4n) is 7.23. The number of fused-ring (bicyclic) bond motifs is 3. The standard InChI is InChI=1S/C41H50O12/c1-26(42)43-24-30-32(44-21-27-15-9-6-10-16-27)34(45-22-28-17-11-7-12-18-28)36(46-23-29-19-13-8-14-20-29)38(48-30)47-25-31-33-35(51-40(2,3)50-33)37-39(49-31)53-41(4,5)52-37/h6-20,30-39H,21-25H2,1-5H3/t30-,31-,32-,33+,34+,35+,36-,37-,38-,39-/m1/s1. The lowest BCUT2D eigenvalue weighted by Crippen LogP contribution is -2.62. The van der Waals surface area contributed by atoms with Crippen LogP contribution in [-0.4, -0.2) is 92.2 Å². The Balaban J connectivity index is 1.18. The lowest BCUT2D eigenvalue weighted by molar-refractivity contribution is -0.336. The summed E-state index contributed by atoms with van der Waals surface area (Å²) < 4.78 is 70.4. The van der Waals surface area contributed by atoms with Gasteiger partial charge in [-0.3, -0.25) is 4.79 Å². The smallest absolute Gasteiger partial charge is 0.302 e. The van der Waals surface area contributed by atoms with Crippen LogP contribution in [0, 0.1) is 0 Å². The fourth-order valence-corrected chi connectivity index (χ4v) is 7.23. The number of benzene rings is 3. The maximum atomic E-state index is 12.1. The van der Waals surface area contributed by atoms with Gasteiger partial charge in [0.2, 0.25) is 0 Å². The first kappa shape index (κ1) is 38.0. The van der Waals surface area contributed by atoms with Gasteiger partial charge >= 0.3 is 5.97 Å². The first-order chi connectivity index (χ1) is 25.5. The van der Waals surface area contributed by atoms with E-state index in [1.54, 1.807) is 0 Å². The number of carbonyl (C=O) groups is 1. The Morgan fingerprint density at radius 2 is 1.04 bits per heavy atom. The highest BCUT2D eigenvalue weighted by molar-refractivity contribution is 5.65. The molecule has 0 radical (unpaired) electrons. The minimum Gasteiger partial charge on any atom is -0.463 e. The fraction of sp³-hybridized carbons (Fsp3) is 0.537. The monoisotopic (exact) mass is 734 g/mol. The van der Waals surface area contributed by atoms with Crippen molar-refractivity contribution in [1.29, 1.82) is 0 Å². The second kappa shape index (κ2) is 16.6. The molecule has 12 nitrogen and oxygen atoms in total. The van der Waals surface area contributed by atoms with Gasteiger partial charge in [-0.2, -0.15) is 0 Å². The van der Waals surface area contributed by atoms with Crippen LogP contribution in [0.3, 0.4) is 0 Å². The summed E-state index contributed by atoms with van der Waals surface area (Å²) in [5.74, 6) is -2.19. The van der Waals surface area contributed by atoms with E-state index in [0.29, 0.717) is 0 Å². The molecule has 0 N–H and O–H groups in total. The van der Waals surface area contributed by atoms with E-state index in [1.165, 1.54) is 6.92 Å². The van der Waals surface area contributed by atoms with Crippen molar-refractivity contribution in [2.24, 2.45) is 0 Å². The zero-order valence-electron chi connectivity index (χ0n) is 30.9. The highest BCUT2D eigenvalue weighted by Crippen LogP contribution is 2.44. The van der Waals surface area contributed by atoms with Gasteiger partial charge in [0.25, 0.3) is 0 Å². The van der Waals surface area contributed by atoms with Crippen LogP contribution >= 0.6 is 0 Å². The van der Waals surface area contributed by atoms with E-state index in [9.17, 15) is 4.79 Å². The Kier molecular flexibility index (Phi) is 11.9. The third-order valence-corrected chi connectivity index (χ3v) is 9.57. The number of rotatable bonds is 14. The SMILES string of the molecule is CC(=O)OC[C@H]1O[C@@H](OC[C@H]2O[C@@H]3OC(C)(C)O[C@@H]3[C@H]3OC(C)(C)O[C@H]32)[C@H](OCc2ccccc2)[C@@H](OCc2ccccc2)[C@@H]1OCc1ccccc1. The van der Waals surface area contributed by atoms with Gasteiger partial charge in [-0.1, -0.05) is 91.0 Å². The molecule has 53 heavy (non-hydrogen) atoms. The predicted octanol–water partition coefficient (Wildman–Crippen LogP) is 5.44. The maximum Gasteiger partial charge on any atom is 0.302 e. The Morgan fingerprint density at radius 3 is 1.60 bits per heavy atom. The zero-order chi connectivity index (χ0) is 37.0. The Bertz CT molecular complexity index is 1600. The summed E-state index contributed by atoms with van der Waals surface area (Å²) in [6.07, 6.45) is -6.74. The van der Waals surface area contributed by atoms with Crippen molar-refractivity contribution in [1.82, 2.24) is 0 Å². The van der Waals surface area contributed by atoms with Gasteiger partial charge in [0.15, 0.2) is 24.2 Å². The van der Waals surface area contributed by atoms with Crippen LogP contribution in [0.25, 0.3) is 0 Å². The van der Waals surface area contributed by atoms with Crippen LogP contribution in [0.15, 0.2) is 91.0 Å². The number of hydrogen-bond acceptors (Lipinski definition) is 12. The molecule has 4 aliphatic heterocycles. The molecule has 12 heteroatoms. The predicted molar refractivity (Wildman–Crippen MR) is 189 cm³/mol. The first-order valence-electron chi connectivity index (χ1n) is 18.3. The van der Waals surface area contributed by atoms with E-state index in [4.69, 9.17) is 52.1 Å². The van der Waals surface area contributed by atoms with Crippen LogP contribution in [-0.2, 0) is 76.7 Å². The summed E-state index contributed by atoms with van der Waals surface area (Å²) in [4.78, 5) is 12.1. The molecule has 7 rings (SSSR count). The highest BCUT2D eigenvalue weighted by atomic mass is 16.9. The molecule has 0 spiro atoms. The second-order valence-corrected chi connectivity index (χ2v) is 14.7. The van der Waals surface area contributed by atoms with E-state index in [0.717, 1.165) is 16.7 Å². The van der Waals surface area contributed by atoms with Gasteiger partial charge in [-0.25, -0.2) is 0 Å². The van der Waals surface area contributed by atoms with E-state index >= 15 is 0 Å². The van der Waals surface area contributed by atoms with Crippen molar-refractivity contribution in [3.8, 4) is 0 Å². The van der Waals surface area contributed by atoms with Crippen molar-refractivity contribution in [2.45, 2.75) is 127 Å². The average molecular weight is 735 g/mol. The number of esters is 1. The average Bonchev–Trinajstić information content (AvgIpc) is 3.65. The van der Waals surface area contributed by atoms with Crippen molar-refractivity contribution >= 4 is 5.97 Å². The van der Waals surface area contributed by atoms with Crippen LogP contribution in [0.4, 0.5) is 0 Å². The minimum atomic E-state index is -0.996. The quantitative estimate of drug-likeness (QED) is 0.196. The minimum absolute atomic E-state index is 0.0324. The number of hydrogen-bond donors (Lipinski definition) is 0. The normalized spacial score (nSPS) is 32.8. The Labute approximate surface area is 310 Å². The molecule has 0 unspecified atom stereocenters. The van der Waals surface area contributed by atoms with Gasteiger partial charge in [0, 0.05) is 6.92 Å². The molecule has 3 aromatic carbocycles. The van der Waals surface area contributed by atoms with E-state index in [1.807, 2.05) is 119 Å². The third kappa shape index (κ3) is 9.52. The summed E-state index contributed by atoms with van der Waals surface area (Å²) in [5, 5.41) is 0. The van der Waals surface area contributed by atoms with Gasteiger partial charge in [-0.15, -0.1) is 0 Å². The molecule has 0 saturated carbocycles. The van der Waals surface area contributed by atoms with Crippen LogP contribution in [0.1, 0.15) is 51.3 Å². The van der Waals surface area contributed by atoms with E-state index < -0.39 is 79.0 Å². The zero-order valence-corrected chi connectivity index (χ0v) is 30.9. The molecule has 4 fully saturated rings. The third-order valence-electron chi connectivity index (χ3n) is 9.57. The van der Waals surface area contributed by atoms with Gasteiger partial charge in [0.1, 0.15) is 55.4 Å².